The Morgan fingerprint density at radius 3 is 2.53 bits per heavy atom. The molecule has 0 radical (unpaired) electrons. The van der Waals surface area contributed by atoms with Gasteiger partial charge in [0.05, 0.1) is 6.10 Å². The number of aliphatic hydroxyl groups is 1. The Balaban J connectivity index is 2.16. The van der Waals surface area contributed by atoms with Crippen molar-refractivity contribution in [3.63, 3.8) is 0 Å². The van der Waals surface area contributed by atoms with Gasteiger partial charge in [-0.05, 0) is 63.0 Å². The second kappa shape index (κ2) is 5.38. The SMILES string of the molecule is CC(O)c1ccc(C2CCN(C)CC2)c(Cl)c1. The number of rotatable bonds is 2. The summed E-state index contributed by atoms with van der Waals surface area (Å²) in [5.41, 5.74) is 2.14. The molecule has 1 aromatic rings. The highest BCUT2D eigenvalue weighted by atomic mass is 35.5. The van der Waals surface area contributed by atoms with Crippen LogP contribution in [0.5, 0.6) is 0 Å². The van der Waals surface area contributed by atoms with Crippen molar-refractivity contribution in [1.29, 1.82) is 0 Å². The minimum absolute atomic E-state index is 0.445. The molecule has 0 bridgehead atoms. The average Bonchev–Trinajstić information content (AvgIpc) is 2.30. The van der Waals surface area contributed by atoms with Crippen molar-refractivity contribution in [2.45, 2.75) is 31.8 Å². The zero-order valence-electron chi connectivity index (χ0n) is 10.5. The van der Waals surface area contributed by atoms with Crippen molar-refractivity contribution in [3.05, 3.63) is 34.3 Å². The molecule has 0 spiro atoms. The molecule has 1 aliphatic heterocycles. The van der Waals surface area contributed by atoms with Crippen molar-refractivity contribution in [3.8, 4) is 0 Å². The zero-order valence-corrected chi connectivity index (χ0v) is 11.2. The standard InChI is InChI=1S/C14H20ClNO/c1-10(17)12-3-4-13(14(15)9-12)11-5-7-16(2)8-6-11/h3-4,9-11,17H,5-8H2,1-2H3. The summed E-state index contributed by atoms with van der Waals surface area (Å²) in [7, 11) is 2.16. The van der Waals surface area contributed by atoms with Gasteiger partial charge in [-0.1, -0.05) is 23.7 Å². The van der Waals surface area contributed by atoms with Gasteiger partial charge in [0, 0.05) is 5.02 Å². The lowest BCUT2D eigenvalue weighted by molar-refractivity contribution is 0.199. The van der Waals surface area contributed by atoms with Crippen LogP contribution in [-0.4, -0.2) is 30.1 Å². The van der Waals surface area contributed by atoms with Crippen LogP contribution >= 0.6 is 11.6 Å². The van der Waals surface area contributed by atoms with E-state index in [0.29, 0.717) is 5.92 Å². The number of hydrogen-bond acceptors (Lipinski definition) is 2. The Bertz CT molecular complexity index is 384. The molecular weight excluding hydrogens is 234 g/mol. The van der Waals surface area contributed by atoms with Gasteiger partial charge in [-0.15, -0.1) is 0 Å². The van der Waals surface area contributed by atoms with Crippen molar-refractivity contribution in [1.82, 2.24) is 4.90 Å². The molecule has 1 N–H and O–H groups in total. The van der Waals surface area contributed by atoms with Crippen LogP contribution in [0.2, 0.25) is 5.02 Å². The topological polar surface area (TPSA) is 23.5 Å². The normalized spacial score (nSPS) is 20.5. The van der Waals surface area contributed by atoms with E-state index in [0.717, 1.165) is 23.7 Å². The zero-order chi connectivity index (χ0) is 12.4. The van der Waals surface area contributed by atoms with E-state index in [1.54, 1.807) is 6.92 Å². The fraction of sp³-hybridized carbons (Fsp3) is 0.571. The number of likely N-dealkylation sites (tertiary alicyclic amines) is 1. The Morgan fingerprint density at radius 1 is 1.35 bits per heavy atom. The molecule has 1 heterocycles. The number of hydrogen-bond donors (Lipinski definition) is 1. The van der Waals surface area contributed by atoms with E-state index in [1.165, 1.54) is 18.4 Å². The monoisotopic (exact) mass is 253 g/mol. The molecule has 0 amide bonds. The highest BCUT2D eigenvalue weighted by Gasteiger charge is 2.20. The van der Waals surface area contributed by atoms with Crippen LogP contribution < -0.4 is 0 Å². The Morgan fingerprint density at radius 2 is 2.00 bits per heavy atom. The maximum atomic E-state index is 9.52. The third-order valence-electron chi connectivity index (χ3n) is 3.67. The van der Waals surface area contributed by atoms with Crippen molar-refractivity contribution in [2.75, 3.05) is 20.1 Å². The lowest BCUT2D eigenvalue weighted by Gasteiger charge is -2.29. The lowest BCUT2D eigenvalue weighted by Crippen LogP contribution is -2.29. The van der Waals surface area contributed by atoms with E-state index in [9.17, 15) is 5.11 Å². The van der Waals surface area contributed by atoms with E-state index < -0.39 is 6.10 Å². The first-order valence-corrected chi connectivity index (χ1v) is 6.61. The van der Waals surface area contributed by atoms with E-state index >= 15 is 0 Å². The van der Waals surface area contributed by atoms with Crippen molar-refractivity contribution >= 4 is 11.6 Å². The van der Waals surface area contributed by atoms with E-state index in [4.69, 9.17) is 11.6 Å². The fourth-order valence-electron chi connectivity index (χ4n) is 2.45. The van der Waals surface area contributed by atoms with Gasteiger partial charge in [0.25, 0.3) is 0 Å². The molecule has 1 saturated heterocycles. The number of halogens is 1. The maximum absolute atomic E-state index is 9.52. The number of aliphatic hydroxyl groups excluding tert-OH is 1. The molecule has 0 aliphatic carbocycles. The highest BCUT2D eigenvalue weighted by Crippen LogP contribution is 2.33. The molecule has 0 aromatic heterocycles. The maximum Gasteiger partial charge on any atom is 0.0762 e. The molecule has 1 aliphatic rings. The minimum atomic E-state index is -0.445. The first kappa shape index (κ1) is 12.9. The fourth-order valence-corrected chi connectivity index (χ4v) is 2.80. The van der Waals surface area contributed by atoms with Crippen LogP contribution in [-0.2, 0) is 0 Å². The summed E-state index contributed by atoms with van der Waals surface area (Å²) in [6.45, 7) is 4.04. The van der Waals surface area contributed by atoms with Gasteiger partial charge in [0.15, 0.2) is 0 Å². The van der Waals surface area contributed by atoms with Crippen LogP contribution in [0.1, 0.15) is 42.9 Å². The number of benzene rings is 1. The van der Waals surface area contributed by atoms with Crippen LogP contribution in [0.3, 0.4) is 0 Å². The van der Waals surface area contributed by atoms with Gasteiger partial charge in [-0.25, -0.2) is 0 Å². The van der Waals surface area contributed by atoms with Gasteiger partial charge in [-0.2, -0.15) is 0 Å². The third-order valence-corrected chi connectivity index (χ3v) is 3.99. The summed E-state index contributed by atoms with van der Waals surface area (Å²) in [6, 6.07) is 5.98. The van der Waals surface area contributed by atoms with Gasteiger partial charge < -0.3 is 10.0 Å². The van der Waals surface area contributed by atoms with E-state index in [2.05, 4.69) is 18.0 Å². The molecule has 3 heteroatoms. The summed E-state index contributed by atoms with van der Waals surface area (Å²) < 4.78 is 0. The molecule has 2 nitrogen and oxygen atoms in total. The van der Waals surface area contributed by atoms with Crippen LogP contribution in [0.25, 0.3) is 0 Å². The van der Waals surface area contributed by atoms with Gasteiger partial charge >= 0.3 is 0 Å². The van der Waals surface area contributed by atoms with E-state index in [1.807, 2.05) is 12.1 Å². The summed E-state index contributed by atoms with van der Waals surface area (Å²) in [5, 5.41) is 10.3. The van der Waals surface area contributed by atoms with Gasteiger partial charge in [0.1, 0.15) is 0 Å². The molecular formula is C14H20ClNO. The average molecular weight is 254 g/mol. The molecule has 94 valence electrons. The first-order chi connectivity index (χ1) is 8.08. The predicted molar refractivity (Wildman–Crippen MR) is 71.6 cm³/mol. The highest BCUT2D eigenvalue weighted by molar-refractivity contribution is 6.31. The van der Waals surface area contributed by atoms with Crippen molar-refractivity contribution < 1.29 is 5.11 Å². The quantitative estimate of drug-likeness (QED) is 0.875. The third kappa shape index (κ3) is 3.01. The summed E-state index contributed by atoms with van der Waals surface area (Å²) in [6.07, 6.45) is 1.90. The molecule has 1 aromatic carbocycles. The van der Waals surface area contributed by atoms with Crippen molar-refractivity contribution in [2.24, 2.45) is 0 Å². The summed E-state index contributed by atoms with van der Waals surface area (Å²) in [4.78, 5) is 2.36. The van der Waals surface area contributed by atoms with Crippen LogP contribution in [0, 0.1) is 0 Å². The van der Waals surface area contributed by atoms with Gasteiger partial charge in [0.2, 0.25) is 0 Å². The predicted octanol–water partition coefficient (Wildman–Crippen LogP) is 3.20. The second-order valence-electron chi connectivity index (χ2n) is 5.03. The van der Waals surface area contributed by atoms with Crippen LogP contribution in [0.4, 0.5) is 0 Å². The largest absolute Gasteiger partial charge is 0.389 e. The molecule has 2 rings (SSSR count). The molecule has 0 saturated carbocycles. The lowest BCUT2D eigenvalue weighted by atomic mass is 9.89. The molecule has 1 unspecified atom stereocenters. The first-order valence-electron chi connectivity index (χ1n) is 6.24. The summed E-state index contributed by atoms with van der Waals surface area (Å²) >= 11 is 6.32. The van der Waals surface area contributed by atoms with Crippen LogP contribution in [0.15, 0.2) is 18.2 Å². The summed E-state index contributed by atoms with van der Waals surface area (Å²) in [5.74, 6) is 0.571. The molecule has 17 heavy (non-hydrogen) atoms. The molecule has 1 fully saturated rings. The second-order valence-corrected chi connectivity index (χ2v) is 5.44. The Hall–Kier alpha value is -0.570. The number of nitrogens with zero attached hydrogens (tertiary/aromatic N) is 1. The smallest absolute Gasteiger partial charge is 0.0762 e. The number of piperidine rings is 1. The van der Waals surface area contributed by atoms with Gasteiger partial charge in [-0.3, -0.25) is 0 Å². The van der Waals surface area contributed by atoms with E-state index in [-0.39, 0.29) is 0 Å². The minimum Gasteiger partial charge on any atom is -0.389 e. The Labute approximate surface area is 108 Å². The molecule has 1 atom stereocenters. The Kier molecular flexibility index (Phi) is 4.08.